The number of amidine groups is 1. The Morgan fingerprint density at radius 1 is 1.10 bits per heavy atom. The molecule has 0 aromatic heterocycles. The first kappa shape index (κ1) is 14.9. The Kier molecular flexibility index (Phi) is 5.17. The van der Waals surface area contributed by atoms with E-state index < -0.39 is 0 Å². The van der Waals surface area contributed by atoms with E-state index in [1.807, 2.05) is 42.5 Å². The summed E-state index contributed by atoms with van der Waals surface area (Å²) in [6.45, 7) is 0.969. The highest BCUT2D eigenvalue weighted by Gasteiger charge is 2.01. The van der Waals surface area contributed by atoms with E-state index in [2.05, 4.69) is 5.16 Å². The van der Waals surface area contributed by atoms with Crippen molar-refractivity contribution in [2.45, 2.75) is 13.2 Å². The molecule has 5 nitrogen and oxygen atoms in total. The SMILES string of the molecule is COc1ccc(COCc2cccc(/C(N)=N/O)c2)cc1. The van der Waals surface area contributed by atoms with E-state index in [0.29, 0.717) is 18.8 Å². The van der Waals surface area contributed by atoms with E-state index in [-0.39, 0.29) is 5.84 Å². The van der Waals surface area contributed by atoms with Crippen LogP contribution in [0.1, 0.15) is 16.7 Å². The molecule has 0 spiro atoms. The molecule has 0 aliphatic rings. The maximum Gasteiger partial charge on any atom is 0.170 e. The average Bonchev–Trinajstić information content (AvgIpc) is 2.55. The Morgan fingerprint density at radius 3 is 2.48 bits per heavy atom. The molecule has 2 rings (SSSR count). The summed E-state index contributed by atoms with van der Waals surface area (Å²) in [4.78, 5) is 0. The van der Waals surface area contributed by atoms with Gasteiger partial charge in [0.1, 0.15) is 5.75 Å². The molecule has 0 saturated carbocycles. The van der Waals surface area contributed by atoms with Crippen molar-refractivity contribution in [1.82, 2.24) is 0 Å². The van der Waals surface area contributed by atoms with Gasteiger partial charge in [-0.3, -0.25) is 0 Å². The summed E-state index contributed by atoms with van der Waals surface area (Å²) < 4.78 is 10.8. The Bertz CT molecular complexity index is 609. The van der Waals surface area contributed by atoms with E-state index >= 15 is 0 Å². The monoisotopic (exact) mass is 286 g/mol. The van der Waals surface area contributed by atoms with Crippen molar-refractivity contribution in [1.29, 1.82) is 0 Å². The van der Waals surface area contributed by atoms with Crippen LogP contribution in [0, 0.1) is 0 Å². The van der Waals surface area contributed by atoms with Gasteiger partial charge >= 0.3 is 0 Å². The van der Waals surface area contributed by atoms with Crippen LogP contribution in [0.5, 0.6) is 5.75 Å². The Balaban J connectivity index is 1.91. The molecule has 110 valence electrons. The summed E-state index contributed by atoms with van der Waals surface area (Å²) in [6.07, 6.45) is 0. The zero-order valence-electron chi connectivity index (χ0n) is 11.8. The molecule has 2 aromatic carbocycles. The Hall–Kier alpha value is -2.53. The van der Waals surface area contributed by atoms with Crippen LogP contribution < -0.4 is 10.5 Å². The van der Waals surface area contributed by atoms with E-state index in [4.69, 9.17) is 20.4 Å². The average molecular weight is 286 g/mol. The summed E-state index contributed by atoms with van der Waals surface area (Å²) >= 11 is 0. The second kappa shape index (κ2) is 7.31. The minimum absolute atomic E-state index is 0.0898. The fourth-order valence-electron chi connectivity index (χ4n) is 1.89. The maximum absolute atomic E-state index is 8.67. The van der Waals surface area contributed by atoms with Crippen molar-refractivity contribution in [3.8, 4) is 5.75 Å². The van der Waals surface area contributed by atoms with Crippen molar-refractivity contribution in [3.05, 3.63) is 65.2 Å². The molecule has 21 heavy (non-hydrogen) atoms. The third kappa shape index (κ3) is 4.22. The molecule has 0 saturated heterocycles. The summed E-state index contributed by atoms with van der Waals surface area (Å²) in [6, 6.07) is 15.1. The first-order valence-electron chi connectivity index (χ1n) is 6.50. The van der Waals surface area contributed by atoms with Crippen molar-refractivity contribution < 1.29 is 14.7 Å². The van der Waals surface area contributed by atoms with Crippen molar-refractivity contribution in [2.24, 2.45) is 10.9 Å². The van der Waals surface area contributed by atoms with Crippen LogP contribution in [0.2, 0.25) is 0 Å². The first-order chi connectivity index (χ1) is 10.2. The van der Waals surface area contributed by atoms with Crippen molar-refractivity contribution in [2.75, 3.05) is 7.11 Å². The van der Waals surface area contributed by atoms with Gasteiger partial charge in [0.2, 0.25) is 0 Å². The fourth-order valence-corrected chi connectivity index (χ4v) is 1.89. The molecule has 0 fully saturated rings. The minimum atomic E-state index is 0.0898. The number of hydrogen-bond donors (Lipinski definition) is 2. The minimum Gasteiger partial charge on any atom is -0.497 e. The molecule has 3 N–H and O–H groups in total. The molecule has 0 atom stereocenters. The fraction of sp³-hybridized carbons (Fsp3) is 0.188. The number of rotatable bonds is 6. The van der Waals surface area contributed by atoms with Crippen LogP contribution in [0.15, 0.2) is 53.7 Å². The molecule has 0 heterocycles. The number of nitrogens with zero attached hydrogens (tertiary/aromatic N) is 1. The number of ether oxygens (including phenoxy) is 2. The smallest absolute Gasteiger partial charge is 0.170 e. The van der Waals surface area contributed by atoms with E-state index in [0.717, 1.165) is 16.9 Å². The van der Waals surface area contributed by atoms with E-state index in [1.165, 1.54) is 0 Å². The lowest BCUT2D eigenvalue weighted by molar-refractivity contribution is 0.107. The zero-order chi connectivity index (χ0) is 15.1. The normalized spacial score (nSPS) is 11.4. The Morgan fingerprint density at radius 2 is 1.81 bits per heavy atom. The van der Waals surface area contributed by atoms with Gasteiger partial charge in [0.15, 0.2) is 5.84 Å². The topological polar surface area (TPSA) is 77.1 Å². The molecule has 0 aliphatic carbocycles. The van der Waals surface area contributed by atoms with Crippen LogP contribution in [-0.4, -0.2) is 18.2 Å². The van der Waals surface area contributed by atoms with Gasteiger partial charge in [-0.1, -0.05) is 35.5 Å². The molecule has 0 aliphatic heterocycles. The third-order valence-corrected chi connectivity index (χ3v) is 3.03. The molecular weight excluding hydrogens is 268 g/mol. The number of oxime groups is 1. The van der Waals surface area contributed by atoms with Crippen LogP contribution in [0.3, 0.4) is 0 Å². The largest absolute Gasteiger partial charge is 0.497 e. The second-order valence-corrected chi connectivity index (χ2v) is 4.53. The summed E-state index contributed by atoms with van der Waals surface area (Å²) in [5.74, 6) is 0.914. The summed E-state index contributed by atoms with van der Waals surface area (Å²) in [5.41, 5.74) is 8.26. The van der Waals surface area contributed by atoms with Gasteiger partial charge in [-0.15, -0.1) is 0 Å². The molecule has 0 unspecified atom stereocenters. The summed E-state index contributed by atoms with van der Waals surface area (Å²) in [5, 5.41) is 11.7. The number of benzene rings is 2. The molecule has 5 heteroatoms. The van der Waals surface area contributed by atoms with Crippen LogP contribution >= 0.6 is 0 Å². The van der Waals surface area contributed by atoms with Crippen LogP contribution in [0.4, 0.5) is 0 Å². The van der Waals surface area contributed by atoms with Gasteiger partial charge in [-0.25, -0.2) is 0 Å². The van der Waals surface area contributed by atoms with Crippen LogP contribution in [0.25, 0.3) is 0 Å². The van der Waals surface area contributed by atoms with Crippen LogP contribution in [-0.2, 0) is 18.0 Å². The molecule has 0 bridgehead atoms. The predicted molar refractivity (Wildman–Crippen MR) is 80.4 cm³/mol. The van der Waals surface area contributed by atoms with Gasteiger partial charge in [0.05, 0.1) is 20.3 Å². The lowest BCUT2D eigenvalue weighted by atomic mass is 10.1. The molecule has 0 radical (unpaired) electrons. The van der Waals surface area contributed by atoms with Gasteiger partial charge in [0.25, 0.3) is 0 Å². The molecule has 2 aromatic rings. The highest BCUT2D eigenvalue weighted by molar-refractivity contribution is 5.97. The highest BCUT2D eigenvalue weighted by Crippen LogP contribution is 2.13. The summed E-state index contributed by atoms with van der Waals surface area (Å²) in [7, 11) is 1.64. The number of hydrogen-bond acceptors (Lipinski definition) is 4. The lowest BCUT2D eigenvalue weighted by Crippen LogP contribution is -2.13. The third-order valence-electron chi connectivity index (χ3n) is 3.03. The standard InChI is InChI=1S/C16H18N2O3/c1-20-15-7-5-12(6-8-15)10-21-11-13-3-2-4-14(9-13)16(17)18-19/h2-9,19H,10-11H2,1H3,(H2,17,18). The van der Waals surface area contributed by atoms with E-state index in [9.17, 15) is 0 Å². The highest BCUT2D eigenvalue weighted by atomic mass is 16.5. The van der Waals surface area contributed by atoms with Gasteiger partial charge in [-0.05, 0) is 29.3 Å². The first-order valence-corrected chi connectivity index (χ1v) is 6.50. The Labute approximate surface area is 123 Å². The van der Waals surface area contributed by atoms with Gasteiger partial charge < -0.3 is 20.4 Å². The predicted octanol–water partition coefficient (Wildman–Crippen LogP) is 2.51. The van der Waals surface area contributed by atoms with Crippen molar-refractivity contribution in [3.63, 3.8) is 0 Å². The van der Waals surface area contributed by atoms with Gasteiger partial charge in [-0.2, -0.15) is 0 Å². The molecule has 0 amide bonds. The number of methoxy groups -OCH3 is 1. The lowest BCUT2D eigenvalue weighted by Gasteiger charge is -2.07. The molecular formula is C16H18N2O3. The number of nitrogens with two attached hydrogens (primary N) is 1. The zero-order valence-corrected chi connectivity index (χ0v) is 11.8. The maximum atomic E-state index is 8.67. The van der Waals surface area contributed by atoms with E-state index in [1.54, 1.807) is 13.2 Å². The quantitative estimate of drug-likeness (QED) is 0.370. The van der Waals surface area contributed by atoms with Gasteiger partial charge in [0, 0.05) is 5.56 Å². The van der Waals surface area contributed by atoms with Crippen molar-refractivity contribution >= 4 is 5.84 Å². The second-order valence-electron chi connectivity index (χ2n) is 4.53.